The molecule has 92 valence electrons. The average Bonchev–Trinajstić information content (AvgIpc) is 2.86. The molecule has 0 aromatic carbocycles. The number of hydrogen-bond donors (Lipinski definition) is 0. The molecule has 0 aliphatic carbocycles. The van der Waals surface area contributed by atoms with Crippen molar-refractivity contribution in [3.63, 3.8) is 0 Å². The van der Waals surface area contributed by atoms with Crippen LogP contribution >= 0.6 is 11.8 Å². The van der Waals surface area contributed by atoms with Gasteiger partial charge in [-0.05, 0) is 26.2 Å². The van der Waals surface area contributed by atoms with Gasteiger partial charge in [0.15, 0.2) is 5.16 Å². The SMILES string of the molecule is CN(C)CCSc1nccn1-c1cccn1C. The molecule has 5 heteroatoms. The van der Waals surface area contributed by atoms with Gasteiger partial charge in [0.2, 0.25) is 0 Å². The van der Waals surface area contributed by atoms with Gasteiger partial charge >= 0.3 is 0 Å². The summed E-state index contributed by atoms with van der Waals surface area (Å²) in [4.78, 5) is 6.59. The Balaban J connectivity index is 2.10. The van der Waals surface area contributed by atoms with E-state index in [9.17, 15) is 0 Å². The predicted molar refractivity (Wildman–Crippen MR) is 71.8 cm³/mol. The van der Waals surface area contributed by atoms with Crippen LogP contribution in [0.25, 0.3) is 5.82 Å². The van der Waals surface area contributed by atoms with Crippen LogP contribution in [0.5, 0.6) is 0 Å². The quantitative estimate of drug-likeness (QED) is 0.758. The zero-order chi connectivity index (χ0) is 12.3. The summed E-state index contributed by atoms with van der Waals surface area (Å²) in [5.74, 6) is 2.20. The molecule has 0 spiro atoms. The number of thioether (sulfide) groups is 1. The van der Waals surface area contributed by atoms with Gasteiger partial charge in [0.1, 0.15) is 5.82 Å². The maximum absolute atomic E-state index is 4.40. The van der Waals surface area contributed by atoms with E-state index in [1.807, 2.05) is 31.7 Å². The summed E-state index contributed by atoms with van der Waals surface area (Å²) in [6.45, 7) is 1.06. The molecule has 17 heavy (non-hydrogen) atoms. The molecular formula is C12H18N4S. The highest BCUT2D eigenvalue weighted by Crippen LogP contribution is 2.20. The molecule has 0 bridgehead atoms. The number of rotatable bonds is 5. The van der Waals surface area contributed by atoms with E-state index in [1.165, 1.54) is 0 Å². The Kier molecular flexibility index (Phi) is 3.91. The Morgan fingerprint density at radius 1 is 1.35 bits per heavy atom. The van der Waals surface area contributed by atoms with Gasteiger partial charge in [0, 0.05) is 37.9 Å². The summed E-state index contributed by atoms with van der Waals surface area (Å²) in [5.41, 5.74) is 0. The lowest BCUT2D eigenvalue weighted by atomic mass is 10.6. The first kappa shape index (κ1) is 12.3. The standard InChI is InChI=1S/C12H18N4S/c1-14(2)9-10-17-12-13-6-8-16(12)11-5-4-7-15(11)3/h4-8H,9-10H2,1-3H3. The van der Waals surface area contributed by atoms with Gasteiger partial charge in [-0.2, -0.15) is 0 Å². The zero-order valence-corrected chi connectivity index (χ0v) is 11.3. The minimum atomic E-state index is 1.05. The van der Waals surface area contributed by atoms with Crippen molar-refractivity contribution >= 4 is 11.8 Å². The van der Waals surface area contributed by atoms with Crippen molar-refractivity contribution in [3.05, 3.63) is 30.7 Å². The fourth-order valence-electron chi connectivity index (χ4n) is 1.59. The molecule has 0 atom stereocenters. The molecule has 0 fully saturated rings. The van der Waals surface area contributed by atoms with Crippen molar-refractivity contribution in [2.24, 2.45) is 7.05 Å². The van der Waals surface area contributed by atoms with Gasteiger partial charge in [-0.1, -0.05) is 11.8 Å². The molecule has 0 saturated heterocycles. The molecule has 0 N–H and O–H groups in total. The fourth-order valence-corrected chi connectivity index (χ4v) is 2.66. The van der Waals surface area contributed by atoms with E-state index in [0.717, 1.165) is 23.3 Å². The van der Waals surface area contributed by atoms with E-state index in [4.69, 9.17) is 0 Å². The van der Waals surface area contributed by atoms with Crippen LogP contribution < -0.4 is 0 Å². The van der Waals surface area contributed by atoms with Crippen LogP contribution in [-0.2, 0) is 7.05 Å². The van der Waals surface area contributed by atoms with Crippen LogP contribution in [0.3, 0.4) is 0 Å². The summed E-state index contributed by atoms with van der Waals surface area (Å²) in [6, 6.07) is 4.14. The molecule has 0 radical (unpaired) electrons. The maximum Gasteiger partial charge on any atom is 0.173 e. The highest BCUT2D eigenvalue weighted by atomic mass is 32.2. The van der Waals surface area contributed by atoms with Crippen LogP contribution in [0.1, 0.15) is 0 Å². The second-order valence-electron chi connectivity index (χ2n) is 4.21. The molecule has 0 aliphatic rings. The van der Waals surface area contributed by atoms with Gasteiger partial charge in [-0.3, -0.25) is 4.57 Å². The van der Waals surface area contributed by atoms with Gasteiger partial charge < -0.3 is 9.47 Å². The van der Waals surface area contributed by atoms with E-state index in [-0.39, 0.29) is 0 Å². The van der Waals surface area contributed by atoms with Crippen LogP contribution in [-0.4, -0.2) is 45.4 Å². The first-order chi connectivity index (χ1) is 8.18. The Morgan fingerprint density at radius 2 is 2.18 bits per heavy atom. The zero-order valence-electron chi connectivity index (χ0n) is 10.5. The summed E-state index contributed by atoms with van der Waals surface area (Å²) in [6.07, 6.45) is 5.90. The minimum Gasteiger partial charge on any atom is -0.337 e. The Hall–Kier alpha value is -1.20. The molecule has 2 aromatic rings. The van der Waals surface area contributed by atoms with Gasteiger partial charge in [-0.25, -0.2) is 4.98 Å². The van der Waals surface area contributed by atoms with Crippen LogP contribution in [0.15, 0.2) is 35.9 Å². The number of imidazole rings is 1. The highest BCUT2D eigenvalue weighted by molar-refractivity contribution is 7.99. The number of aryl methyl sites for hydroxylation is 1. The lowest BCUT2D eigenvalue weighted by molar-refractivity contribution is 0.437. The monoisotopic (exact) mass is 250 g/mol. The Bertz CT molecular complexity index is 472. The third-order valence-electron chi connectivity index (χ3n) is 2.54. The summed E-state index contributed by atoms with van der Waals surface area (Å²) >= 11 is 1.79. The van der Waals surface area contributed by atoms with Crippen molar-refractivity contribution in [1.82, 2.24) is 19.0 Å². The van der Waals surface area contributed by atoms with Gasteiger partial charge in [0.05, 0.1) is 0 Å². The number of aromatic nitrogens is 3. The minimum absolute atomic E-state index is 1.05. The molecule has 4 nitrogen and oxygen atoms in total. The van der Waals surface area contributed by atoms with Crippen molar-refractivity contribution < 1.29 is 0 Å². The van der Waals surface area contributed by atoms with Crippen LogP contribution in [0.4, 0.5) is 0 Å². The second-order valence-corrected chi connectivity index (χ2v) is 5.27. The molecule has 2 aromatic heterocycles. The van der Waals surface area contributed by atoms with Crippen molar-refractivity contribution in [2.75, 3.05) is 26.4 Å². The van der Waals surface area contributed by atoms with E-state index in [1.54, 1.807) is 11.8 Å². The smallest absolute Gasteiger partial charge is 0.173 e. The van der Waals surface area contributed by atoms with Crippen LogP contribution in [0.2, 0.25) is 0 Å². The largest absolute Gasteiger partial charge is 0.337 e. The molecule has 2 rings (SSSR count). The number of nitrogens with zero attached hydrogens (tertiary/aromatic N) is 4. The highest BCUT2D eigenvalue weighted by Gasteiger charge is 2.07. The molecular weight excluding hydrogens is 232 g/mol. The second kappa shape index (κ2) is 5.42. The number of hydrogen-bond acceptors (Lipinski definition) is 3. The average molecular weight is 250 g/mol. The molecule has 0 saturated carbocycles. The van der Waals surface area contributed by atoms with Crippen molar-refractivity contribution in [2.45, 2.75) is 5.16 Å². The lowest BCUT2D eigenvalue weighted by Crippen LogP contribution is -2.15. The molecule has 2 heterocycles. The maximum atomic E-state index is 4.40. The summed E-state index contributed by atoms with van der Waals surface area (Å²) in [7, 11) is 6.22. The lowest BCUT2D eigenvalue weighted by Gasteiger charge is -2.10. The molecule has 0 aliphatic heterocycles. The fraction of sp³-hybridized carbons (Fsp3) is 0.417. The summed E-state index contributed by atoms with van der Waals surface area (Å²) < 4.78 is 4.22. The predicted octanol–water partition coefficient (Wildman–Crippen LogP) is 1.86. The third kappa shape index (κ3) is 2.92. The van der Waals surface area contributed by atoms with E-state index in [0.29, 0.717) is 0 Å². The van der Waals surface area contributed by atoms with Gasteiger partial charge in [-0.15, -0.1) is 0 Å². The van der Waals surface area contributed by atoms with Crippen molar-refractivity contribution in [3.8, 4) is 5.82 Å². The summed E-state index contributed by atoms with van der Waals surface area (Å²) in [5, 5.41) is 1.05. The van der Waals surface area contributed by atoms with Crippen molar-refractivity contribution in [1.29, 1.82) is 0 Å². The first-order valence-corrected chi connectivity index (χ1v) is 6.59. The molecule has 0 unspecified atom stereocenters. The van der Waals surface area contributed by atoms with E-state index in [2.05, 4.69) is 39.2 Å². The Labute approximate surface area is 106 Å². The van der Waals surface area contributed by atoms with E-state index < -0.39 is 0 Å². The van der Waals surface area contributed by atoms with Gasteiger partial charge in [0.25, 0.3) is 0 Å². The normalized spacial score (nSPS) is 11.3. The third-order valence-corrected chi connectivity index (χ3v) is 3.49. The topological polar surface area (TPSA) is 26.0 Å². The first-order valence-electron chi connectivity index (χ1n) is 5.61. The Morgan fingerprint density at radius 3 is 2.82 bits per heavy atom. The van der Waals surface area contributed by atoms with Crippen LogP contribution in [0, 0.1) is 0 Å². The van der Waals surface area contributed by atoms with E-state index >= 15 is 0 Å². The molecule has 0 amide bonds.